The Morgan fingerprint density at radius 1 is 0.974 bits per heavy atom. The molecular weight excluding hydrogens is 514 g/mol. The van der Waals surface area contributed by atoms with Crippen LogP contribution in [0.15, 0.2) is 65.8 Å². The van der Waals surface area contributed by atoms with Gasteiger partial charge in [-0.05, 0) is 56.8 Å². The highest BCUT2D eigenvalue weighted by Crippen LogP contribution is 2.32. The minimum absolute atomic E-state index is 0.0162. The van der Waals surface area contributed by atoms with Gasteiger partial charge in [-0.2, -0.15) is 10.1 Å². The molecule has 3 heterocycles. The first kappa shape index (κ1) is 26.8. The standard InChI is InChI=1S/C28H33N7O3S/c1-19-7-6-8-20(2)27(19)24-15-26(31-28(30-24)32-39(36,37)23-16-29-35(5)17-23)38-22-11-9-21(10-12-22)25-18-33(3)13-14-34(25)4/h6-12,15-17,25H,13-14,18H2,1-5H3,(H,30,31,32)/t25-/m0/s1. The average Bonchev–Trinajstić information content (AvgIpc) is 3.33. The number of nitrogens with one attached hydrogen (secondary N) is 1. The lowest BCUT2D eigenvalue weighted by Crippen LogP contribution is -2.44. The second kappa shape index (κ2) is 10.8. The van der Waals surface area contributed by atoms with Gasteiger partial charge in [0.25, 0.3) is 10.0 Å². The number of rotatable bonds is 7. The van der Waals surface area contributed by atoms with E-state index in [1.54, 1.807) is 13.1 Å². The molecule has 0 aliphatic carbocycles. The smallest absolute Gasteiger partial charge is 0.267 e. The third-order valence-electron chi connectivity index (χ3n) is 7.00. The zero-order chi connectivity index (χ0) is 27.7. The molecule has 0 bridgehead atoms. The number of aryl methyl sites for hydroxylation is 3. The Balaban J connectivity index is 1.48. The van der Waals surface area contributed by atoms with Crippen molar-refractivity contribution in [3.63, 3.8) is 0 Å². The lowest BCUT2D eigenvalue weighted by atomic mass is 10.00. The van der Waals surface area contributed by atoms with Crippen LogP contribution in [0.1, 0.15) is 22.7 Å². The highest BCUT2D eigenvalue weighted by Gasteiger charge is 2.24. The number of hydrogen-bond acceptors (Lipinski definition) is 8. The quantitative estimate of drug-likeness (QED) is 0.370. The molecule has 39 heavy (non-hydrogen) atoms. The summed E-state index contributed by atoms with van der Waals surface area (Å²) in [5, 5.41) is 3.96. The Morgan fingerprint density at radius 2 is 1.69 bits per heavy atom. The van der Waals surface area contributed by atoms with Crippen LogP contribution >= 0.6 is 0 Å². The lowest BCUT2D eigenvalue weighted by molar-refractivity contribution is 0.115. The highest BCUT2D eigenvalue weighted by atomic mass is 32.2. The van der Waals surface area contributed by atoms with Crippen molar-refractivity contribution in [1.82, 2.24) is 29.5 Å². The van der Waals surface area contributed by atoms with Crippen molar-refractivity contribution in [3.8, 4) is 22.9 Å². The van der Waals surface area contributed by atoms with Gasteiger partial charge >= 0.3 is 0 Å². The minimum Gasteiger partial charge on any atom is -0.439 e. The molecule has 1 aliphatic rings. The Labute approximate surface area is 229 Å². The molecule has 2 aromatic carbocycles. The van der Waals surface area contributed by atoms with Crippen molar-refractivity contribution in [2.45, 2.75) is 24.8 Å². The van der Waals surface area contributed by atoms with Gasteiger partial charge in [0.15, 0.2) is 0 Å². The molecule has 1 N–H and O–H groups in total. The number of sulfonamides is 1. The SMILES string of the molecule is Cc1cccc(C)c1-c1cc(Oc2ccc([C@@H]3CN(C)CCN3C)cc2)nc(NS(=O)(=O)c2cnn(C)c2)n1. The first-order valence-electron chi connectivity index (χ1n) is 12.7. The van der Waals surface area contributed by atoms with E-state index in [2.05, 4.69) is 55.8 Å². The third kappa shape index (κ3) is 5.95. The normalized spacial score (nSPS) is 16.8. The Bertz CT molecular complexity index is 1560. The van der Waals surface area contributed by atoms with E-state index in [-0.39, 0.29) is 16.7 Å². The second-order valence-corrected chi connectivity index (χ2v) is 11.7. The van der Waals surface area contributed by atoms with E-state index in [0.717, 1.165) is 36.3 Å². The molecular formula is C28H33N7O3S. The molecule has 1 saturated heterocycles. The Morgan fingerprint density at radius 3 is 2.36 bits per heavy atom. The van der Waals surface area contributed by atoms with Gasteiger partial charge in [0.2, 0.25) is 11.8 Å². The minimum atomic E-state index is -3.95. The highest BCUT2D eigenvalue weighted by molar-refractivity contribution is 7.92. The molecule has 0 spiro atoms. The van der Waals surface area contributed by atoms with Crippen LogP contribution in [0.5, 0.6) is 11.6 Å². The first-order chi connectivity index (χ1) is 18.6. The first-order valence-corrected chi connectivity index (χ1v) is 14.2. The molecule has 1 atom stereocenters. The van der Waals surface area contributed by atoms with E-state index in [4.69, 9.17) is 4.74 Å². The number of hydrogen-bond donors (Lipinski definition) is 1. The van der Waals surface area contributed by atoms with E-state index in [9.17, 15) is 8.42 Å². The summed E-state index contributed by atoms with van der Waals surface area (Å²) in [5.74, 6) is 0.740. The number of piperazine rings is 1. The van der Waals surface area contributed by atoms with Crippen LogP contribution < -0.4 is 9.46 Å². The van der Waals surface area contributed by atoms with Crippen LogP contribution in [-0.4, -0.2) is 71.7 Å². The molecule has 0 saturated carbocycles. The van der Waals surface area contributed by atoms with E-state index < -0.39 is 10.0 Å². The molecule has 2 aromatic heterocycles. The van der Waals surface area contributed by atoms with E-state index in [1.165, 1.54) is 22.6 Å². The zero-order valence-corrected chi connectivity index (χ0v) is 23.6. The van der Waals surface area contributed by atoms with E-state index in [0.29, 0.717) is 17.5 Å². The van der Waals surface area contributed by atoms with Gasteiger partial charge in [0, 0.05) is 50.6 Å². The van der Waals surface area contributed by atoms with Gasteiger partial charge in [-0.3, -0.25) is 9.58 Å². The predicted molar refractivity (Wildman–Crippen MR) is 150 cm³/mol. The van der Waals surface area contributed by atoms with Crippen LogP contribution in [0, 0.1) is 13.8 Å². The van der Waals surface area contributed by atoms with Gasteiger partial charge in [-0.25, -0.2) is 18.1 Å². The summed E-state index contributed by atoms with van der Waals surface area (Å²) in [7, 11) is 1.98. The summed E-state index contributed by atoms with van der Waals surface area (Å²) in [6.45, 7) is 7.00. The van der Waals surface area contributed by atoms with Crippen LogP contribution in [0.3, 0.4) is 0 Å². The third-order valence-corrected chi connectivity index (χ3v) is 8.28. The lowest BCUT2D eigenvalue weighted by Gasteiger charge is -2.38. The molecule has 0 unspecified atom stereocenters. The van der Waals surface area contributed by atoms with Gasteiger partial charge in [0.1, 0.15) is 10.6 Å². The summed E-state index contributed by atoms with van der Waals surface area (Å²) in [6, 6.07) is 15.9. The maximum Gasteiger partial charge on any atom is 0.267 e. The monoisotopic (exact) mass is 547 g/mol. The molecule has 10 nitrogen and oxygen atoms in total. The maximum atomic E-state index is 13.0. The largest absolute Gasteiger partial charge is 0.439 e. The molecule has 1 fully saturated rings. The maximum absolute atomic E-state index is 13.0. The summed E-state index contributed by atoms with van der Waals surface area (Å²) in [4.78, 5) is 13.7. The van der Waals surface area contributed by atoms with Crippen molar-refractivity contribution in [3.05, 3.63) is 77.6 Å². The van der Waals surface area contributed by atoms with Gasteiger partial charge in [-0.1, -0.05) is 30.3 Å². The molecule has 5 rings (SSSR count). The number of likely N-dealkylation sites (N-methyl/N-ethyl adjacent to an activating group) is 2. The number of aromatic nitrogens is 4. The van der Waals surface area contributed by atoms with Crippen LogP contribution in [-0.2, 0) is 17.1 Å². The fourth-order valence-corrected chi connectivity index (χ4v) is 5.76. The molecule has 4 aromatic rings. The zero-order valence-electron chi connectivity index (χ0n) is 22.8. The Hall–Kier alpha value is -3.80. The summed E-state index contributed by atoms with van der Waals surface area (Å²) in [5.41, 5.74) is 4.67. The van der Waals surface area contributed by atoms with Gasteiger partial charge in [0.05, 0.1) is 11.9 Å². The average molecular weight is 548 g/mol. The van der Waals surface area contributed by atoms with Crippen molar-refractivity contribution in [2.75, 3.05) is 38.5 Å². The van der Waals surface area contributed by atoms with Crippen LogP contribution in [0.25, 0.3) is 11.3 Å². The summed E-state index contributed by atoms with van der Waals surface area (Å²) < 4.78 is 36.1. The summed E-state index contributed by atoms with van der Waals surface area (Å²) >= 11 is 0. The number of benzene rings is 2. The topological polar surface area (TPSA) is 105 Å². The van der Waals surface area contributed by atoms with Crippen LogP contribution in [0.2, 0.25) is 0 Å². The predicted octanol–water partition coefficient (Wildman–Crippen LogP) is 4.01. The molecule has 1 aliphatic heterocycles. The fourth-order valence-electron chi connectivity index (χ4n) is 4.83. The number of ether oxygens (including phenoxy) is 1. The van der Waals surface area contributed by atoms with Crippen molar-refractivity contribution in [1.29, 1.82) is 0 Å². The van der Waals surface area contributed by atoms with Crippen LogP contribution in [0.4, 0.5) is 5.95 Å². The molecule has 0 amide bonds. The Kier molecular flexibility index (Phi) is 7.39. The second-order valence-electron chi connectivity index (χ2n) is 10.1. The fraction of sp³-hybridized carbons (Fsp3) is 0.321. The molecule has 204 valence electrons. The van der Waals surface area contributed by atoms with Gasteiger partial charge < -0.3 is 9.64 Å². The van der Waals surface area contributed by atoms with E-state index in [1.807, 2.05) is 44.2 Å². The number of nitrogens with zero attached hydrogens (tertiary/aromatic N) is 6. The molecule has 0 radical (unpaired) electrons. The van der Waals surface area contributed by atoms with E-state index >= 15 is 0 Å². The van der Waals surface area contributed by atoms with Crippen molar-refractivity contribution >= 4 is 16.0 Å². The van der Waals surface area contributed by atoms with Gasteiger partial charge in [-0.15, -0.1) is 0 Å². The van der Waals surface area contributed by atoms with Crippen molar-refractivity contribution in [2.24, 2.45) is 7.05 Å². The van der Waals surface area contributed by atoms with Crippen molar-refractivity contribution < 1.29 is 13.2 Å². The molecule has 11 heteroatoms. The summed E-state index contributed by atoms with van der Waals surface area (Å²) in [6.07, 6.45) is 2.69. The number of anilines is 1.